The predicted molar refractivity (Wildman–Crippen MR) is 114 cm³/mol. The normalized spacial score (nSPS) is 23.7. The zero-order valence-corrected chi connectivity index (χ0v) is 17.0. The van der Waals surface area contributed by atoms with Crippen LogP contribution < -0.4 is 0 Å². The highest BCUT2D eigenvalue weighted by molar-refractivity contribution is 8.14. The van der Waals surface area contributed by atoms with Crippen molar-refractivity contribution in [3.05, 3.63) is 77.5 Å². The fourth-order valence-corrected chi connectivity index (χ4v) is 5.47. The number of nitrogens with zero attached hydrogens (tertiary/aromatic N) is 5. The first-order valence-corrected chi connectivity index (χ1v) is 10.8. The van der Waals surface area contributed by atoms with Gasteiger partial charge in [0.2, 0.25) is 0 Å². The third-order valence-electron chi connectivity index (χ3n) is 5.37. The van der Waals surface area contributed by atoms with Gasteiger partial charge in [-0.2, -0.15) is 0 Å². The molecule has 2 aliphatic rings. The summed E-state index contributed by atoms with van der Waals surface area (Å²) in [7, 11) is 0. The molecule has 7 heteroatoms. The number of aliphatic imine (C=N–C) groups is 1. The standard InChI is InChI=1S/C21H20ClN5S/c1-2-15-13-28-21-25-19(16-6-3-4-10-23-16)20(27(15)21)17-7-5-11-26(17)18-9-8-14(22)12-24-18/h3-12,15,19-20H,2,13H2,1H3/t15-,19-,20-/m1/s1. The fourth-order valence-electron chi connectivity index (χ4n) is 4.03. The van der Waals surface area contributed by atoms with Crippen LogP contribution in [0.2, 0.25) is 5.02 Å². The third-order valence-corrected chi connectivity index (χ3v) is 6.72. The molecule has 0 amide bonds. The largest absolute Gasteiger partial charge is 0.337 e. The molecule has 0 spiro atoms. The summed E-state index contributed by atoms with van der Waals surface area (Å²) in [5.74, 6) is 1.94. The van der Waals surface area contributed by atoms with Crippen LogP contribution in [-0.2, 0) is 0 Å². The minimum absolute atomic E-state index is 0.0287. The van der Waals surface area contributed by atoms with Crippen molar-refractivity contribution in [2.75, 3.05) is 5.75 Å². The van der Waals surface area contributed by atoms with Crippen LogP contribution >= 0.6 is 23.4 Å². The zero-order valence-electron chi connectivity index (χ0n) is 15.4. The Kier molecular flexibility index (Phi) is 4.61. The lowest BCUT2D eigenvalue weighted by Crippen LogP contribution is -2.36. The van der Waals surface area contributed by atoms with Crippen LogP contribution in [0.5, 0.6) is 0 Å². The molecule has 3 aromatic rings. The summed E-state index contributed by atoms with van der Waals surface area (Å²) in [5, 5.41) is 1.77. The predicted octanol–water partition coefficient (Wildman–Crippen LogP) is 4.90. The number of thioether (sulfide) groups is 1. The van der Waals surface area contributed by atoms with Crippen molar-refractivity contribution in [1.82, 2.24) is 19.4 Å². The molecule has 142 valence electrons. The maximum atomic E-state index is 6.04. The quantitative estimate of drug-likeness (QED) is 0.614. The van der Waals surface area contributed by atoms with Gasteiger partial charge in [0.05, 0.1) is 10.7 Å². The molecular formula is C21H20ClN5S. The van der Waals surface area contributed by atoms with Gasteiger partial charge in [-0.15, -0.1) is 0 Å². The number of fused-ring (bicyclic) bond motifs is 1. The number of pyridine rings is 2. The van der Waals surface area contributed by atoms with Crippen LogP contribution in [0, 0.1) is 0 Å². The van der Waals surface area contributed by atoms with Crippen LogP contribution in [-0.4, -0.2) is 36.4 Å². The molecule has 5 rings (SSSR count). The molecule has 0 N–H and O–H groups in total. The van der Waals surface area contributed by atoms with Crippen molar-refractivity contribution >= 4 is 28.5 Å². The first-order valence-electron chi connectivity index (χ1n) is 9.45. The monoisotopic (exact) mass is 409 g/mol. The molecular weight excluding hydrogens is 390 g/mol. The number of hydrogen-bond acceptors (Lipinski definition) is 5. The Morgan fingerprint density at radius 3 is 2.82 bits per heavy atom. The molecule has 0 bridgehead atoms. The summed E-state index contributed by atoms with van der Waals surface area (Å²) in [6.45, 7) is 2.25. The Morgan fingerprint density at radius 1 is 1.14 bits per heavy atom. The van der Waals surface area contributed by atoms with Crippen molar-refractivity contribution in [3.8, 4) is 5.82 Å². The van der Waals surface area contributed by atoms with Crippen molar-refractivity contribution in [2.45, 2.75) is 31.5 Å². The summed E-state index contributed by atoms with van der Waals surface area (Å²) in [5.41, 5.74) is 2.17. The van der Waals surface area contributed by atoms with Crippen molar-refractivity contribution in [2.24, 2.45) is 4.99 Å². The third kappa shape index (κ3) is 2.91. The van der Waals surface area contributed by atoms with Gasteiger partial charge in [-0.1, -0.05) is 36.4 Å². The smallest absolute Gasteiger partial charge is 0.160 e. The lowest BCUT2D eigenvalue weighted by Gasteiger charge is -2.32. The van der Waals surface area contributed by atoms with Crippen LogP contribution in [0.15, 0.2) is 66.0 Å². The number of halogens is 1. The van der Waals surface area contributed by atoms with E-state index in [4.69, 9.17) is 16.6 Å². The van der Waals surface area contributed by atoms with E-state index in [1.165, 1.54) is 5.69 Å². The Morgan fingerprint density at radius 2 is 2.07 bits per heavy atom. The van der Waals surface area contributed by atoms with Gasteiger partial charge in [0.25, 0.3) is 0 Å². The summed E-state index contributed by atoms with van der Waals surface area (Å²) >= 11 is 7.90. The molecule has 1 saturated heterocycles. The highest BCUT2D eigenvalue weighted by Crippen LogP contribution is 2.48. The van der Waals surface area contributed by atoms with E-state index in [9.17, 15) is 0 Å². The van der Waals surface area contributed by atoms with Crippen LogP contribution in [0.1, 0.15) is 36.8 Å². The van der Waals surface area contributed by atoms with Gasteiger partial charge >= 0.3 is 0 Å². The average molecular weight is 410 g/mol. The molecule has 28 heavy (non-hydrogen) atoms. The lowest BCUT2D eigenvalue weighted by atomic mass is 9.99. The molecule has 3 aromatic heterocycles. The van der Waals surface area contributed by atoms with E-state index in [1.54, 1.807) is 6.20 Å². The average Bonchev–Trinajstić information content (AvgIpc) is 3.44. The minimum Gasteiger partial charge on any atom is -0.337 e. The summed E-state index contributed by atoms with van der Waals surface area (Å²) in [6, 6.07) is 14.7. The lowest BCUT2D eigenvalue weighted by molar-refractivity contribution is 0.248. The second-order valence-corrected chi connectivity index (χ2v) is 8.40. The maximum absolute atomic E-state index is 6.04. The van der Waals surface area contributed by atoms with E-state index in [1.807, 2.05) is 42.2 Å². The Labute approximate surface area is 173 Å². The minimum atomic E-state index is -0.0287. The number of aromatic nitrogens is 3. The van der Waals surface area contributed by atoms with Crippen LogP contribution in [0.25, 0.3) is 5.82 Å². The number of amidine groups is 1. The molecule has 0 unspecified atom stereocenters. The fraction of sp³-hybridized carbons (Fsp3) is 0.286. The van der Waals surface area contributed by atoms with E-state index < -0.39 is 0 Å². The molecule has 0 aromatic carbocycles. The van der Waals surface area contributed by atoms with Crippen LogP contribution in [0.3, 0.4) is 0 Å². The van der Waals surface area contributed by atoms with Gasteiger partial charge in [0.1, 0.15) is 17.9 Å². The Hall–Kier alpha value is -2.31. The molecule has 0 saturated carbocycles. The van der Waals surface area contributed by atoms with Gasteiger partial charge in [-0.05, 0) is 42.8 Å². The van der Waals surface area contributed by atoms with Gasteiger partial charge in [0, 0.05) is 36.1 Å². The highest BCUT2D eigenvalue weighted by atomic mass is 35.5. The zero-order chi connectivity index (χ0) is 19.1. The molecule has 5 nitrogen and oxygen atoms in total. The first-order chi connectivity index (χ1) is 13.8. The number of rotatable bonds is 4. The van der Waals surface area contributed by atoms with Gasteiger partial charge in [-0.25, -0.2) is 4.98 Å². The van der Waals surface area contributed by atoms with E-state index in [2.05, 4.69) is 50.8 Å². The Bertz CT molecular complexity index is 1000. The van der Waals surface area contributed by atoms with Crippen molar-refractivity contribution in [1.29, 1.82) is 0 Å². The highest BCUT2D eigenvalue weighted by Gasteiger charge is 2.46. The first kappa shape index (κ1) is 17.8. The van der Waals surface area contributed by atoms with E-state index >= 15 is 0 Å². The van der Waals surface area contributed by atoms with E-state index in [0.717, 1.165) is 28.9 Å². The molecule has 3 atom stereocenters. The second kappa shape index (κ2) is 7.26. The number of hydrogen-bond donors (Lipinski definition) is 0. The van der Waals surface area contributed by atoms with Crippen LogP contribution in [0.4, 0.5) is 0 Å². The molecule has 5 heterocycles. The molecule has 0 radical (unpaired) electrons. The van der Waals surface area contributed by atoms with Crippen molar-refractivity contribution in [3.63, 3.8) is 0 Å². The van der Waals surface area contributed by atoms with E-state index in [0.29, 0.717) is 11.1 Å². The van der Waals surface area contributed by atoms with E-state index in [-0.39, 0.29) is 12.1 Å². The topological polar surface area (TPSA) is 46.3 Å². The maximum Gasteiger partial charge on any atom is 0.160 e. The second-order valence-electron chi connectivity index (χ2n) is 6.97. The summed E-state index contributed by atoms with van der Waals surface area (Å²) in [6.07, 6.45) is 6.69. The Balaban J connectivity index is 1.62. The van der Waals surface area contributed by atoms with Gasteiger partial charge in [0.15, 0.2) is 5.17 Å². The molecule has 0 aliphatic carbocycles. The van der Waals surface area contributed by atoms with Gasteiger partial charge in [-0.3, -0.25) is 9.98 Å². The molecule has 2 aliphatic heterocycles. The van der Waals surface area contributed by atoms with Gasteiger partial charge < -0.3 is 9.47 Å². The summed E-state index contributed by atoms with van der Waals surface area (Å²) < 4.78 is 2.14. The SMILES string of the molecule is CC[C@@H]1CSC2=N[C@H](c3ccccn3)[C@@H](c3cccn3-c3ccc(Cl)cn3)N21. The molecule has 1 fully saturated rings. The van der Waals surface area contributed by atoms with Crippen molar-refractivity contribution < 1.29 is 0 Å². The summed E-state index contributed by atoms with van der Waals surface area (Å²) in [4.78, 5) is 16.7.